The zero-order valence-corrected chi connectivity index (χ0v) is 23.2. The number of para-hydroxylation sites is 1. The topological polar surface area (TPSA) is 139 Å². The van der Waals surface area contributed by atoms with E-state index in [1.165, 1.54) is 7.11 Å². The highest BCUT2D eigenvalue weighted by atomic mass is 16.5. The molecule has 3 aromatic rings. The number of hydrogen-bond donors (Lipinski definition) is 1. The van der Waals surface area contributed by atoms with Crippen molar-refractivity contribution in [3.8, 4) is 28.1 Å². The van der Waals surface area contributed by atoms with Crippen molar-refractivity contribution in [1.29, 1.82) is 0 Å². The number of benzene rings is 2. The lowest BCUT2D eigenvalue weighted by molar-refractivity contribution is -0.140. The summed E-state index contributed by atoms with van der Waals surface area (Å²) in [6.07, 6.45) is 0. The molecule has 0 fully saturated rings. The fraction of sp³-hybridized carbons (Fsp3) is 0.233. The molecule has 11 nitrogen and oxygen atoms in total. The van der Waals surface area contributed by atoms with E-state index in [9.17, 15) is 19.2 Å². The Bertz CT molecular complexity index is 1560. The summed E-state index contributed by atoms with van der Waals surface area (Å²) in [5.74, 6) is -3.03. The number of pyridine rings is 1. The lowest BCUT2D eigenvalue weighted by Crippen LogP contribution is -2.22. The van der Waals surface area contributed by atoms with Gasteiger partial charge in [-0.15, -0.1) is 0 Å². The SMILES string of the molecule is CCOC(=O)C1=C(C(=O)OCC)c2c(nc(C(=O)OC)c(C(=O)OC)c2-c2ccc(OC)cc2)-c2ccccc2N1. The molecule has 0 radical (unpaired) electrons. The van der Waals surface area contributed by atoms with E-state index in [1.807, 2.05) is 0 Å². The molecule has 1 aliphatic rings. The number of fused-ring (bicyclic) bond motifs is 3. The number of esters is 4. The number of nitrogens with zero attached hydrogens (tertiary/aromatic N) is 1. The summed E-state index contributed by atoms with van der Waals surface area (Å²) >= 11 is 0. The molecule has 2 aromatic carbocycles. The van der Waals surface area contributed by atoms with E-state index in [0.29, 0.717) is 22.6 Å². The van der Waals surface area contributed by atoms with Gasteiger partial charge in [0.15, 0.2) is 5.69 Å². The van der Waals surface area contributed by atoms with Gasteiger partial charge in [-0.3, -0.25) is 0 Å². The molecule has 2 heterocycles. The van der Waals surface area contributed by atoms with Crippen LogP contribution in [0.25, 0.3) is 28.0 Å². The van der Waals surface area contributed by atoms with Crippen molar-refractivity contribution in [2.75, 3.05) is 39.9 Å². The molecule has 1 N–H and O–H groups in total. The average molecular weight is 561 g/mol. The molecule has 1 aliphatic heterocycles. The number of aromatic nitrogens is 1. The molecule has 11 heteroatoms. The third-order valence-electron chi connectivity index (χ3n) is 6.25. The van der Waals surface area contributed by atoms with Crippen LogP contribution in [0.1, 0.15) is 40.3 Å². The van der Waals surface area contributed by atoms with Crippen molar-refractivity contribution in [2.45, 2.75) is 13.8 Å². The van der Waals surface area contributed by atoms with E-state index in [1.54, 1.807) is 62.4 Å². The Morgan fingerprint density at radius 2 is 1.39 bits per heavy atom. The smallest absolute Gasteiger partial charge is 0.357 e. The lowest BCUT2D eigenvalue weighted by Gasteiger charge is -2.21. The summed E-state index contributed by atoms with van der Waals surface area (Å²) in [7, 11) is 3.80. The maximum atomic E-state index is 13.7. The van der Waals surface area contributed by atoms with Crippen LogP contribution >= 0.6 is 0 Å². The quantitative estimate of drug-likeness (QED) is 0.312. The molecule has 0 saturated heterocycles. The van der Waals surface area contributed by atoms with Crippen LogP contribution in [0.2, 0.25) is 0 Å². The van der Waals surface area contributed by atoms with Crippen molar-refractivity contribution < 1.29 is 42.9 Å². The van der Waals surface area contributed by atoms with Gasteiger partial charge in [0.2, 0.25) is 0 Å². The van der Waals surface area contributed by atoms with Crippen LogP contribution in [0.5, 0.6) is 5.75 Å². The van der Waals surface area contributed by atoms with Gasteiger partial charge in [0.25, 0.3) is 0 Å². The van der Waals surface area contributed by atoms with E-state index < -0.39 is 23.9 Å². The van der Waals surface area contributed by atoms with Gasteiger partial charge in [0.05, 0.1) is 40.2 Å². The average Bonchev–Trinajstić information content (AvgIpc) is 3.14. The minimum atomic E-state index is -0.919. The summed E-state index contributed by atoms with van der Waals surface area (Å²) < 4.78 is 26.1. The van der Waals surface area contributed by atoms with Crippen molar-refractivity contribution in [2.24, 2.45) is 0 Å². The monoisotopic (exact) mass is 560 g/mol. The van der Waals surface area contributed by atoms with E-state index in [4.69, 9.17) is 23.7 Å². The van der Waals surface area contributed by atoms with Gasteiger partial charge < -0.3 is 29.0 Å². The van der Waals surface area contributed by atoms with Gasteiger partial charge in [-0.2, -0.15) is 0 Å². The first kappa shape index (κ1) is 28.8. The Morgan fingerprint density at radius 1 is 0.756 bits per heavy atom. The predicted octanol–water partition coefficient (Wildman–Crippen LogP) is 4.26. The molecular weight excluding hydrogens is 532 g/mol. The number of hydrogen-bond acceptors (Lipinski definition) is 11. The van der Waals surface area contributed by atoms with E-state index in [-0.39, 0.29) is 52.6 Å². The molecule has 1 aromatic heterocycles. The number of rotatable bonds is 8. The van der Waals surface area contributed by atoms with Crippen LogP contribution in [-0.4, -0.2) is 63.4 Å². The van der Waals surface area contributed by atoms with Gasteiger partial charge in [-0.25, -0.2) is 24.2 Å². The van der Waals surface area contributed by atoms with E-state index in [2.05, 4.69) is 10.3 Å². The Kier molecular flexibility index (Phi) is 8.66. The standard InChI is InChI=1S/C30H28N2O9/c1-6-40-28(34)23-21-20(16-12-14-17(37-3)15-13-16)22(27(33)38-4)25(29(35)39-5)32-24(21)18-10-8-9-11-19(18)31-26(23)30(36)41-7-2/h8-15,31H,6-7H2,1-5H3. The fourth-order valence-electron chi connectivity index (χ4n) is 4.50. The van der Waals surface area contributed by atoms with E-state index >= 15 is 0 Å². The molecule has 4 rings (SSSR count). The van der Waals surface area contributed by atoms with Crippen molar-refractivity contribution >= 4 is 35.1 Å². The summed E-state index contributed by atoms with van der Waals surface area (Å²) in [6.45, 7) is 3.25. The number of carbonyl (C=O) groups is 4. The molecule has 0 atom stereocenters. The van der Waals surface area contributed by atoms with Gasteiger partial charge in [-0.05, 0) is 37.6 Å². The second-order valence-corrected chi connectivity index (χ2v) is 8.51. The first-order valence-electron chi connectivity index (χ1n) is 12.6. The summed E-state index contributed by atoms with van der Waals surface area (Å²) in [5, 5.41) is 3.01. The molecule has 0 aliphatic carbocycles. The molecule has 0 spiro atoms. The molecule has 0 bridgehead atoms. The van der Waals surface area contributed by atoms with Gasteiger partial charge in [-0.1, -0.05) is 30.3 Å². The zero-order valence-electron chi connectivity index (χ0n) is 23.2. The molecule has 41 heavy (non-hydrogen) atoms. The lowest BCUT2D eigenvalue weighted by atomic mass is 9.86. The fourth-order valence-corrected chi connectivity index (χ4v) is 4.50. The van der Waals surface area contributed by atoms with Crippen LogP contribution in [0.3, 0.4) is 0 Å². The van der Waals surface area contributed by atoms with Crippen LogP contribution in [0, 0.1) is 0 Å². The Hall–Kier alpha value is -5.19. The molecule has 0 amide bonds. The third-order valence-corrected chi connectivity index (χ3v) is 6.25. The summed E-state index contributed by atoms with van der Waals surface area (Å²) in [5.41, 5.74) is 0.398. The molecule has 0 unspecified atom stereocenters. The van der Waals surface area contributed by atoms with Crippen LogP contribution < -0.4 is 10.1 Å². The number of nitrogens with one attached hydrogen (secondary N) is 1. The Morgan fingerprint density at radius 3 is 2.00 bits per heavy atom. The first-order chi connectivity index (χ1) is 19.8. The maximum Gasteiger partial charge on any atom is 0.357 e. The second kappa shape index (κ2) is 12.3. The number of carbonyl (C=O) groups excluding carboxylic acids is 4. The predicted molar refractivity (Wildman–Crippen MR) is 148 cm³/mol. The highest BCUT2D eigenvalue weighted by Crippen LogP contribution is 2.46. The normalized spacial score (nSPS) is 11.7. The van der Waals surface area contributed by atoms with Crippen molar-refractivity contribution in [3.05, 3.63) is 71.0 Å². The van der Waals surface area contributed by atoms with Crippen LogP contribution in [0.15, 0.2) is 54.2 Å². The van der Waals surface area contributed by atoms with Crippen molar-refractivity contribution in [1.82, 2.24) is 4.98 Å². The maximum absolute atomic E-state index is 13.7. The number of methoxy groups -OCH3 is 3. The Labute approximate surface area is 236 Å². The summed E-state index contributed by atoms with van der Waals surface area (Å²) in [6, 6.07) is 13.4. The first-order valence-corrected chi connectivity index (χ1v) is 12.6. The summed E-state index contributed by atoms with van der Waals surface area (Å²) in [4.78, 5) is 58.1. The van der Waals surface area contributed by atoms with Crippen LogP contribution in [-0.2, 0) is 28.5 Å². The highest BCUT2D eigenvalue weighted by Gasteiger charge is 2.38. The number of ether oxygens (including phenoxy) is 5. The van der Waals surface area contributed by atoms with Crippen LogP contribution in [0.4, 0.5) is 5.69 Å². The number of anilines is 1. The molecular formula is C30H28N2O9. The molecule has 0 saturated carbocycles. The highest BCUT2D eigenvalue weighted by molar-refractivity contribution is 6.28. The minimum Gasteiger partial charge on any atom is -0.497 e. The zero-order chi connectivity index (χ0) is 29.7. The van der Waals surface area contributed by atoms with Gasteiger partial charge >= 0.3 is 23.9 Å². The Balaban J connectivity index is 2.32. The third kappa shape index (κ3) is 5.33. The van der Waals surface area contributed by atoms with Gasteiger partial charge in [0, 0.05) is 22.4 Å². The minimum absolute atomic E-state index is 0.0177. The van der Waals surface area contributed by atoms with Gasteiger partial charge in [0.1, 0.15) is 22.6 Å². The second-order valence-electron chi connectivity index (χ2n) is 8.51. The van der Waals surface area contributed by atoms with E-state index in [0.717, 1.165) is 14.2 Å². The molecule has 212 valence electrons. The largest absolute Gasteiger partial charge is 0.497 e. The van der Waals surface area contributed by atoms with Crippen molar-refractivity contribution in [3.63, 3.8) is 0 Å².